The molecule has 0 unspecified atom stereocenters. The summed E-state index contributed by atoms with van der Waals surface area (Å²) in [5, 5.41) is 16.2. The van der Waals surface area contributed by atoms with Crippen molar-refractivity contribution in [3.63, 3.8) is 0 Å². The molecule has 0 fully saturated rings. The van der Waals surface area contributed by atoms with E-state index in [2.05, 4.69) is 10.1 Å². The quantitative estimate of drug-likeness (QED) is 0.187. The van der Waals surface area contributed by atoms with Gasteiger partial charge in [0.25, 0.3) is 5.56 Å². The Morgan fingerprint density at radius 3 is 2.69 bits per heavy atom. The number of aromatic nitrogens is 2. The molecule has 0 atom stereocenters. The fourth-order valence-electron chi connectivity index (χ4n) is 4.07. The predicted octanol–water partition coefficient (Wildman–Crippen LogP) is 5.94. The first-order valence-corrected chi connectivity index (χ1v) is 11.7. The van der Waals surface area contributed by atoms with Crippen LogP contribution in [0.15, 0.2) is 58.7 Å². The third-order valence-electron chi connectivity index (χ3n) is 5.80. The van der Waals surface area contributed by atoms with E-state index in [1.807, 2.05) is 0 Å². The van der Waals surface area contributed by atoms with Crippen LogP contribution in [0.2, 0.25) is 0 Å². The molecule has 36 heavy (non-hydrogen) atoms. The Morgan fingerprint density at radius 1 is 1.14 bits per heavy atom. The van der Waals surface area contributed by atoms with Crippen LogP contribution in [0.4, 0.5) is 18.9 Å². The van der Waals surface area contributed by atoms with Crippen molar-refractivity contribution in [2.45, 2.75) is 31.9 Å². The van der Waals surface area contributed by atoms with Crippen LogP contribution in [0.1, 0.15) is 34.4 Å². The van der Waals surface area contributed by atoms with Gasteiger partial charge in [-0.3, -0.25) is 14.9 Å². The largest absolute Gasteiger partial charge is 0.449 e. The number of nitro groups is 1. The normalized spacial score (nSPS) is 13.8. The van der Waals surface area contributed by atoms with Crippen LogP contribution in [0.3, 0.4) is 0 Å². The fraction of sp³-hybridized carbons (Fsp3) is 0.208. The molecule has 0 saturated heterocycles. The van der Waals surface area contributed by atoms with Crippen molar-refractivity contribution in [1.82, 2.24) is 9.66 Å². The van der Waals surface area contributed by atoms with Crippen LogP contribution >= 0.6 is 11.3 Å². The molecule has 1 aliphatic rings. The molecule has 0 spiro atoms. The average Bonchev–Trinajstić information content (AvgIpc) is 3.23. The topological polar surface area (TPSA) is 99.6 Å². The summed E-state index contributed by atoms with van der Waals surface area (Å²) in [6.45, 7) is 0. The van der Waals surface area contributed by atoms with E-state index in [0.717, 1.165) is 42.0 Å². The molecule has 4 aromatic rings. The zero-order chi connectivity index (χ0) is 25.4. The lowest BCUT2D eigenvalue weighted by molar-refractivity contribution is -0.385. The lowest BCUT2D eigenvalue weighted by Gasteiger charge is -2.11. The lowest BCUT2D eigenvalue weighted by Crippen LogP contribution is -2.18. The lowest BCUT2D eigenvalue weighted by atomic mass is 9.97. The van der Waals surface area contributed by atoms with Crippen LogP contribution < -0.4 is 10.3 Å². The highest BCUT2D eigenvalue weighted by Gasteiger charge is 2.33. The highest BCUT2D eigenvalue weighted by Crippen LogP contribution is 2.38. The molecule has 0 radical (unpaired) electrons. The summed E-state index contributed by atoms with van der Waals surface area (Å²) in [5.41, 5.74) is -0.904. The fourth-order valence-corrected chi connectivity index (χ4v) is 5.28. The van der Waals surface area contributed by atoms with E-state index in [1.54, 1.807) is 18.2 Å². The average molecular weight is 514 g/mol. The van der Waals surface area contributed by atoms with E-state index in [1.165, 1.54) is 34.8 Å². The number of nitrogens with zero attached hydrogens (tertiary/aromatic N) is 4. The SMILES string of the molecule is O=c1c2c3c(sc2ncn1/N=C\c1ccccc1Oc1ccc(C(F)(F)F)cc1[N+](=O)[O-])CCCC3. The van der Waals surface area contributed by atoms with Crippen LogP contribution in [-0.2, 0) is 19.0 Å². The number of aryl methyl sites for hydroxylation is 2. The van der Waals surface area contributed by atoms with Gasteiger partial charge in [-0.25, -0.2) is 4.98 Å². The second-order valence-electron chi connectivity index (χ2n) is 8.11. The molecule has 8 nitrogen and oxygen atoms in total. The number of ether oxygens (including phenoxy) is 1. The zero-order valence-corrected chi connectivity index (χ0v) is 19.3. The summed E-state index contributed by atoms with van der Waals surface area (Å²) in [7, 11) is 0. The van der Waals surface area contributed by atoms with Gasteiger partial charge in [-0.1, -0.05) is 12.1 Å². The van der Waals surface area contributed by atoms with E-state index < -0.39 is 22.4 Å². The highest BCUT2D eigenvalue weighted by atomic mass is 32.1. The van der Waals surface area contributed by atoms with Gasteiger partial charge in [-0.15, -0.1) is 11.3 Å². The minimum atomic E-state index is -4.74. The molecule has 2 aromatic heterocycles. The van der Waals surface area contributed by atoms with Gasteiger partial charge in [0.2, 0.25) is 5.75 Å². The molecular weight excluding hydrogens is 497 g/mol. The number of fused-ring (bicyclic) bond motifs is 3. The molecule has 0 N–H and O–H groups in total. The first-order valence-electron chi connectivity index (χ1n) is 10.9. The van der Waals surface area contributed by atoms with Gasteiger partial charge >= 0.3 is 11.9 Å². The molecule has 184 valence electrons. The first kappa shape index (κ1) is 23.7. The Hall–Kier alpha value is -4.06. The summed E-state index contributed by atoms with van der Waals surface area (Å²) in [6, 6.07) is 8.38. The van der Waals surface area contributed by atoms with E-state index in [-0.39, 0.29) is 17.1 Å². The molecule has 0 aliphatic heterocycles. The minimum absolute atomic E-state index is 0.110. The van der Waals surface area contributed by atoms with Crippen molar-refractivity contribution in [1.29, 1.82) is 0 Å². The maximum atomic E-state index is 13.1. The Labute approximate surface area is 205 Å². The van der Waals surface area contributed by atoms with Crippen LogP contribution in [0.25, 0.3) is 10.2 Å². The minimum Gasteiger partial charge on any atom is -0.449 e. The number of nitro benzene ring substituents is 1. The van der Waals surface area contributed by atoms with E-state index in [0.29, 0.717) is 27.9 Å². The smallest absolute Gasteiger partial charge is 0.416 e. The number of rotatable bonds is 5. The number of thiophene rings is 1. The van der Waals surface area contributed by atoms with E-state index in [4.69, 9.17) is 4.74 Å². The second kappa shape index (κ2) is 9.19. The van der Waals surface area contributed by atoms with Gasteiger partial charge in [0.1, 0.15) is 16.9 Å². The van der Waals surface area contributed by atoms with Gasteiger partial charge in [0.15, 0.2) is 0 Å². The Kier molecular flexibility index (Phi) is 6.04. The zero-order valence-electron chi connectivity index (χ0n) is 18.5. The maximum Gasteiger partial charge on any atom is 0.416 e. The number of hydrogen-bond acceptors (Lipinski definition) is 7. The van der Waals surface area contributed by atoms with Gasteiger partial charge in [-0.05, 0) is 55.5 Å². The Balaban J connectivity index is 1.49. The number of alkyl halides is 3. The third kappa shape index (κ3) is 4.47. The summed E-state index contributed by atoms with van der Waals surface area (Å²) in [5.74, 6) is -0.252. The molecule has 0 amide bonds. The molecule has 1 aliphatic carbocycles. The number of para-hydroxylation sites is 1. The van der Waals surface area contributed by atoms with Crippen molar-refractivity contribution in [2.75, 3.05) is 0 Å². The summed E-state index contributed by atoms with van der Waals surface area (Å²) >= 11 is 1.53. The van der Waals surface area contributed by atoms with Crippen LogP contribution in [0, 0.1) is 10.1 Å². The van der Waals surface area contributed by atoms with Crippen molar-refractivity contribution in [3.05, 3.63) is 90.8 Å². The molecule has 2 aromatic carbocycles. The molecule has 12 heteroatoms. The van der Waals surface area contributed by atoms with Gasteiger partial charge in [0.05, 0.1) is 22.1 Å². The Bertz CT molecular complexity index is 1580. The van der Waals surface area contributed by atoms with E-state index >= 15 is 0 Å². The maximum absolute atomic E-state index is 13.1. The summed E-state index contributed by atoms with van der Waals surface area (Å²) in [6.07, 6.45) is 1.77. The Morgan fingerprint density at radius 2 is 1.92 bits per heavy atom. The summed E-state index contributed by atoms with van der Waals surface area (Å²) < 4.78 is 45.7. The predicted molar refractivity (Wildman–Crippen MR) is 128 cm³/mol. The van der Waals surface area contributed by atoms with Crippen molar-refractivity contribution in [3.8, 4) is 11.5 Å². The van der Waals surface area contributed by atoms with Crippen LogP contribution in [0.5, 0.6) is 11.5 Å². The van der Waals surface area contributed by atoms with E-state index in [9.17, 15) is 28.1 Å². The standard InChI is InChI=1S/C24H17F3N4O4S/c25-24(26,27)15-9-10-19(17(11-15)31(33)34)35-18-7-3-1-5-14(18)12-29-30-13-28-22-21(23(30)32)16-6-2-4-8-20(16)36-22/h1,3,5,7,9-13H,2,4,6,8H2/b29-12-. The third-order valence-corrected chi connectivity index (χ3v) is 7.00. The monoisotopic (exact) mass is 514 g/mol. The van der Waals surface area contributed by atoms with Crippen molar-refractivity contribution in [2.24, 2.45) is 5.10 Å². The number of benzene rings is 2. The van der Waals surface area contributed by atoms with Gasteiger partial charge in [-0.2, -0.15) is 22.9 Å². The van der Waals surface area contributed by atoms with Crippen molar-refractivity contribution < 1.29 is 22.8 Å². The van der Waals surface area contributed by atoms with Gasteiger partial charge < -0.3 is 4.74 Å². The van der Waals surface area contributed by atoms with Crippen LogP contribution in [-0.4, -0.2) is 20.8 Å². The molecule has 5 rings (SSSR count). The highest BCUT2D eigenvalue weighted by molar-refractivity contribution is 7.18. The van der Waals surface area contributed by atoms with Crippen molar-refractivity contribution >= 4 is 33.5 Å². The molecule has 2 heterocycles. The first-order chi connectivity index (χ1) is 17.2. The molecule has 0 saturated carbocycles. The number of halogens is 3. The second-order valence-corrected chi connectivity index (χ2v) is 9.19. The molecular formula is C24H17F3N4O4S. The molecule has 0 bridgehead atoms. The van der Waals surface area contributed by atoms with Gasteiger partial charge in [0, 0.05) is 16.5 Å². The number of hydrogen-bond donors (Lipinski definition) is 0. The summed E-state index contributed by atoms with van der Waals surface area (Å²) in [4.78, 5) is 29.8.